The molecule has 5 heteroatoms. The van der Waals surface area contributed by atoms with Crippen LogP contribution in [0.5, 0.6) is 5.75 Å². The molecule has 0 saturated carbocycles. The zero-order chi connectivity index (χ0) is 8.97. The topological polar surface area (TPSA) is 63.6 Å². The molecule has 13 heavy (non-hydrogen) atoms. The van der Waals surface area contributed by atoms with E-state index >= 15 is 0 Å². The maximum atomic E-state index is 10.5. The summed E-state index contributed by atoms with van der Waals surface area (Å²) in [6.45, 7) is 0. The molecule has 0 atom stereocenters. The Labute approximate surface area is 80.5 Å². The van der Waals surface area contributed by atoms with Crippen LogP contribution in [0, 0.1) is 0 Å². The molecule has 4 nitrogen and oxygen atoms in total. The van der Waals surface area contributed by atoms with Gasteiger partial charge in [-0.05, 0) is 12.1 Å². The van der Waals surface area contributed by atoms with Crippen molar-refractivity contribution in [2.24, 2.45) is 0 Å². The lowest BCUT2D eigenvalue weighted by Crippen LogP contribution is -2.19. The van der Waals surface area contributed by atoms with E-state index < -0.39 is 11.9 Å². The molecule has 0 unspecified atom stereocenters. The van der Waals surface area contributed by atoms with Crippen molar-refractivity contribution in [1.29, 1.82) is 0 Å². The zero-order valence-electron chi connectivity index (χ0n) is 6.47. The fraction of sp³-hybridized carbons (Fsp3) is 0. The first kappa shape index (κ1) is 11.4. The van der Waals surface area contributed by atoms with E-state index in [1.165, 1.54) is 12.1 Å². The van der Waals surface area contributed by atoms with E-state index in [1.54, 1.807) is 18.2 Å². The zero-order valence-corrected chi connectivity index (χ0v) is 7.28. The quantitative estimate of drug-likeness (QED) is 0.421. The molecule has 70 valence electrons. The molecule has 0 heterocycles. The van der Waals surface area contributed by atoms with Crippen LogP contribution in [0.1, 0.15) is 0 Å². The number of carbonyl (C=O) groups is 2. The van der Waals surface area contributed by atoms with Gasteiger partial charge in [-0.3, -0.25) is 0 Å². The van der Waals surface area contributed by atoms with Crippen LogP contribution >= 0.6 is 12.4 Å². The Morgan fingerprint density at radius 3 is 2.15 bits per heavy atom. The van der Waals surface area contributed by atoms with Crippen LogP contribution in [0.15, 0.2) is 30.3 Å². The molecule has 0 amide bonds. The second kappa shape index (κ2) is 5.16. The first-order valence-corrected chi connectivity index (χ1v) is 3.20. The van der Waals surface area contributed by atoms with Gasteiger partial charge in [0.05, 0.1) is 0 Å². The molecular weight excluding hydrogens is 196 g/mol. The van der Waals surface area contributed by atoms with Gasteiger partial charge in [0.25, 0.3) is 0 Å². The van der Waals surface area contributed by atoms with Crippen LogP contribution < -0.4 is 4.74 Å². The summed E-state index contributed by atoms with van der Waals surface area (Å²) in [5.41, 5.74) is 0. The summed E-state index contributed by atoms with van der Waals surface area (Å²) in [5, 5.41) is 8.17. The van der Waals surface area contributed by atoms with E-state index in [2.05, 4.69) is 4.74 Å². The second-order valence-corrected chi connectivity index (χ2v) is 2.01. The summed E-state index contributed by atoms with van der Waals surface area (Å²) < 4.78 is 4.44. The van der Waals surface area contributed by atoms with Gasteiger partial charge in [-0.25, -0.2) is 9.59 Å². The number of aliphatic carboxylic acids is 1. The largest absolute Gasteiger partial charge is 0.473 e. The lowest BCUT2D eigenvalue weighted by Gasteiger charge is -1.98. The van der Waals surface area contributed by atoms with Crippen molar-refractivity contribution >= 4 is 24.3 Å². The van der Waals surface area contributed by atoms with E-state index in [0.29, 0.717) is 0 Å². The molecule has 0 aliphatic rings. The minimum Gasteiger partial charge on any atom is -0.473 e. The highest BCUT2D eigenvalue weighted by molar-refractivity contribution is 6.29. The van der Waals surface area contributed by atoms with Crippen LogP contribution in [0.4, 0.5) is 0 Å². The first-order chi connectivity index (χ1) is 5.70. The summed E-state index contributed by atoms with van der Waals surface area (Å²) in [4.78, 5) is 20.5. The van der Waals surface area contributed by atoms with Crippen LogP contribution in [0.3, 0.4) is 0 Å². The molecule has 0 aromatic heterocycles. The van der Waals surface area contributed by atoms with Gasteiger partial charge >= 0.3 is 11.9 Å². The van der Waals surface area contributed by atoms with Gasteiger partial charge in [0.2, 0.25) is 0 Å². The number of hydrogen-bond donors (Lipinski definition) is 1. The number of halogens is 1. The van der Waals surface area contributed by atoms with Gasteiger partial charge < -0.3 is 9.84 Å². The third-order valence-electron chi connectivity index (χ3n) is 1.13. The molecule has 0 aliphatic heterocycles. The fourth-order valence-electron chi connectivity index (χ4n) is 0.639. The highest BCUT2D eigenvalue weighted by Gasteiger charge is 2.13. The van der Waals surface area contributed by atoms with E-state index in [-0.39, 0.29) is 18.2 Å². The Kier molecular flexibility index (Phi) is 4.54. The number of para-hydroxylation sites is 1. The molecule has 0 bridgehead atoms. The lowest BCUT2D eigenvalue weighted by molar-refractivity contribution is -0.158. The van der Waals surface area contributed by atoms with Gasteiger partial charge in [0.15, 0.2) is 0 Å². The van der Waals surface area contributed by atoms with Gasteiger partial charge in [0.1, 0.15) is 5.75 Å². The predicted octanol–water partition coefficient (Wildman–Crippen LogP) is 1.10. The average Bonchev–Trinajstić information content (AvgIpc) is 2.06. The van der Waals surface area contributed by atoms with Crippen molar-refractivity contribution in [3.05, 3.63) is 30.3 Å². The lowest BCUT2D eigenvalue weighted by atomic mass is 10.3. The molecule has 0 radical (unpaired) electrons. The van der Waals surface area contributed by atoms with Crippen molar-refractivity contribution in [1.82, 2.24) is 0 Å². The van der Waals surface area contributed by atoms with Gasteiger partial charge in [0, 0.05) is 0 Å². The molecule has 1 N–H and O–H groups in total. The van der Waals surface area contributed by atoms with Crippen molar-refractivity contribution in [3.8, 4) is 5.75 Å². The Morgan fingerprint density at radius 2 is 1.69 bits per heavy atom. The smallest absolute Gasteiger partial charge is 0.422 e. The summed E-state index contributed by atoms with van der Waals surface area (Å²) in [6, 6.07) is 8.02. The number of benzene rings is 1. The monoisotopic (exact) mass is 202 g/mol. The van der Waals surface area contributed by atoms with Gasteiger partial charge in [-0.2, -0.15) is 0 Å². The highest BCUT2D eigenvalue weighted by atomic mass is 35.5. The second-order valence-electron chi connectivity index (χ2n) is 2.01. The maximum absolute atomic E-state index is 10.5. The normalized spacial score (nSPS) is 8.31. The van der Waals surface area contributed by atoms with E-state index in [4.69, 9.17) is 5.11 Å². The summed E-state index contributed by atoms with van der Waals surface area (Å²) in [6.07, 6.45) is 0. The Hall–Kier alpha value is -1.55. The van der Waals surface area contributed by atoms with Crippen LogP contribution in [0.2, 0.25) is 0 Å². The SMILES string of the molecule is Cl.O=C(O)C(=O)Oc1ccccc1. The van der Waals surface area contributed by atoms with Crippen LogP contribution in [-0.2, 0) is 9.59 Å². The first-order valence-electron chi connectivity index (χ1n) is 3.20. The van der Waals surface area contributed by atoms with Crippen LogP contribution in [-0.4, -0.2) is 17.0 Å². The molecule has 0 saturated heterocycles. The molecular formula is C8H7ClO4. The molecule has 0 fully saturated rings. The third-order valence-corrected chi connectivity index (χ3v) is 1.13. The third kappa shape index (κ3) is 3.57. The minimum atomic E-state index is -1.60. The molecule has 0 spiro atoms. The van der Waals surface area contributed by atoms with Crippen molar-refractivity contribution in [2.75, 3.05) is 0 Å². The van der Waals surface area contributed by atoms with Gasteiger partial charge in [-0.15, -0.1) is 12.4 Å². The number of rotatable bonds is 1. The molecule has 1 aromatic rings. The predicted molar refractivity (Wildman–Crippen MR) is 47.0 cm³/mol. The number of carboxylic acid groups (broad SMARTS) is 1. The molecule has 1 rings (SSSR count). The number of ether oxygens (including phenoxy) is 1. The van der Waals surface area contributed by atoms with E-state index in [1.807, 2.05) is 0 Å². The van der Waals surface area contributed by atoms with Crippen molar-refractivity contribution in [3.63, 3.8) is 0 Å². The minimum absolute atomic E-state index is 0. The number of carbonyl (C=O) groups excluding carboxylic acids is 1. The maximum Gasteiger partial charge on any atom is 0.422 e. The summed E-state index contributed by atoms with van der Waals surface area (Å²) in [5.74, 6) is -2.65. The Morgan fingerprint density at radius 1 is 1.15 bits per heavy atom. The standard InChI is InChI=1S/C8H6O4.ClH/c9-7(10)8(11)12-6-4-2-1-3-5-6;/h1-5H,(H,9,10);1H. The van der Waals surface area contributed by atoms with E-state index in [0.717, 1.165) is 0 Å². The molecule has 0 aliphatic carbocycles. The fourth-order valence-corrected chi connectivity index (χ4v) is 0.639. The summed E-state index contributed by atoms with van der Waals surface area (Å²) >= 11 is 0. The molecule has 1 aromatic carbocycles. The van der Waals surface area contributed by atoms with E-state index in [9.17, 15) is 9.59 Å². The van der Waals surface area contributed by atoms with Crippen molar-refractivity contribution in [2.45, 2.75) is 0 Å². The average molecular weight is 203 g/mol. The van der Waals surface area contributed by atoms with Crippen molar-refractivity contribution < 1.29 is 19.4 Å². The highest BCUT2D eigenvalue weighted by Crippen LogP contribution is 2.07. The Bertz CT molecular complexity index is 296. The number of esters is 1. The van der Waals surface area contributed by atoms with Gasteiger partial charge in [-0.1, -0.05) is 18.2 Å². The van der Waals surface area contributed by atoms with Crippen LogP contribution in [0.25, 0.3) is 0 Å². The Balaban J connectivity index is 0.00000144. The summed E-state index contributed by atoms with van der Waals surface area (Å²) in [7, 11) is 0. The number of carboxylic acids is 1. The number of hydrogen-bond acceptors (Lipinski definition) is 3.